The molecule has 0 aliphatic rings. The summed E-state index contributed by atoms with van der Waals surface area (Å²) in [6.07, 6.45) is -0.106. The van der Waals surface area contributed by atoms with Crippen molar-refractivity contribution in [3.8, 4) is 0 Å². The van der Waals surface area contributed by atoms with Gasteiger partial charge in [0.1, 0.15) is 18.7 Å². The Kier molecular flexibility index (Phi) is 10.0. The van der Waals surface area contributed by atoms with Crippen LogP contribution in [0.3, 0.4) is 0 Å². The number of methoxy groups -OCH3 is 1. The lowest BCUT2D eigenvalue weighted by Gasteiger charge is -2.23. The van der Waals surface area contributed by atoms with Crippen LogP contribution in [0.4, 0.5) is 4.79 Å². The highest BCUT2D eigenvalue weighted by Crippen LogP contribution is 2.13. The van der Waals surface area contributed by atoms with E-state index in [2.05, 4.69) is 10.6 Å². The fourth-order valence-corrected chi connectivity index (χ4v) is 3.20. The molecule has 2 aromatic rings. The summed E-state index contributed by atoms with van der Waals surface area (Å²) in [4.78, 5) is 37.5. The number of rotatable bonds is 10. The van der Waals surface area contributed by atoms with Gasteiger partial charge in [0.05, 0.1) is 7.11 Å². The van der Waals surface area contributed by atoms with E-state index in [1.54, 1.807) is 24.3 Å². The summed E-state index contributed by atoms with van der Waals surface area (Å²) in [7, 11) is 1.26. The number of carbonyl (C=O) groups excluding carboxylic acids is 3. The summed E-state index contributed by atoms with van der Waals surface area (Å²) in [5.74, 6) is -0.948. The maximum absolute atomic E-state index is 13.0. The maximum Gasteiger partial charge on any atom is 0.408 e. The number of esters is 1. The number of carbonyl (C=O) groups is 3. The van der Waals surface area contributed by atoms with Crippen LogP contribution in [-0.2, 0) is 32.1 Å². The van der Waals surface area contributed by atoms with Crippen molar-refractivity contribution in [1.29, 1.82) is 0 Å². The Bertz CT molecular complexity index is 887. The van der Waals surface area contributed by atoms with Gasteiger partial charge < -0.3 is 20.1 Å². The van der Waals surface area contributed by atoms with Crippen LogP contribution in [0.15, 0.2) is 54.6 Å². The molecule has 0 saturated carbocycles. The molecule has 32 heavy (non-hydrogen) atoms. The molecule has 0 unspecified atom stereocenters. The molecule has 0 spiro atoms. The van der Waals surface area contributed by atoms with Crippen molar-refractivity contribution in [1.82, 2.24) is 10.6 Å². The Morgan fingerprint density at radius 3 is 2.16 bits per heavy atom. The smallest absolute Gasteiger partial charge is 0.408 e. The molecular weight excluding hydrogens is 432 g/mol. The minimum Gasteiger partial charge on any atom is -0.467 e. The Balaban J connectivity index is 2.03. The van der Waals surface area contributed by atoms with Gasteiger partial charge in [0, 0.05) is 11.4 Å². The van der Waals surface area contributed by atoms with Crippen LogP contribution in [0.25, 0.3) is 0 Å². The number of ether oxygens (including phenoxy) is 2. The first-order valence-electron chi connectivity index (χ1n) is 10.4. The quantitative estimate of drug-likeness (QED) is 0.525. The third-order valence-corrected chi connectivity index (χ3v) is 4.94. The third kappa shape index (κ3) is 8.59. The Labute approximate surface area is 193 Å². The molecule has 2 N–H and O–H groups in total. The number of hydrogen-bond acceptors (Lipinski definition) is 5. The molecule has 0 aliphatic heterocycles. The fourth-order valence-electron chi connectivity index (χ4n) is 3.07. The molecule has 2 rings (SSSR count). The zero-order chi connectivity index (χ0) is 23.5. The molecule has 2 amide bonds. The zero-order valence-corrected chi connectivity index (χ0v) is 19.2. The van der Waals surface area contributed by atoms with Gasteiger partial charge in [-0.2, -0.15) is 0 Å². The second-order valence-corrected chi connectivity index (χ2v) is 8.24. The van der Waals surface area contributed by atoms with Crippen molar-refractivity contribution in [2.45, 2.75) is 45.4 Å². The molecule has 0 radical (unpaired) electrons. The molecule has 0 fully saturated rings. The highest BCUT2D eigenvalue weighted by molar-refractivity contribution is 6.30. The largest absolute Gasteiger partial charge is 0.467 e. The highest BCUT2D eigenvalue weighted by Gasteiger charge is 2.28. The van der Waals surface area contributed by atoms with Crippen LogP contribution in [-0.4, -0.2) is 37.2 Å². The van der Waals surface area contributed by atoms with E-state index in [0.717, 1.165) is 11.1 Å². The molecule has 172 valence electrons. The lowest BCUT2D eigenvalue weighted by molar-refractivity contribution is -0.145. The van der Waals surface area contributed by atoms with Crippen molar-refractivity contribution in [2.24, 2.45) is 5.92 Å². The van der Waals surface area contributed by atoms with E-state index in [1.807, 2.05) is 44.2 Å². The topological polar surface area (TPSA) is 93.7 Å². The third-order valence-electron chi connectivity index (χ3n) is 4.68. The number of amides is 2. The second kappa shape index (κ2) is 12.7. The van der Waals surface area contributed by atoms with Crippen molar-refractivity contribution >= 4 is 29.6 Å². The van der Waals surface area contributed by atoms with Crippen LogP contribution in [0.1, 0.15) is 31.4 Å². The average Bonchev–Trinajstić information content (AvgIpc) is 2.78. The van der Waals surface area contributed by atoms with Gasteiger partial charge >= 0.3 is 12.1 Å². The lowest BCUT2D eigenvalue weighted by atomic mass is 10.0. The molecule has 2 aromatic carbocycles. The molecule has 2 atom stereocenters. The summed E-state index contributed by atoms with van der Waals surface area (Å²) in [6, 6.07) is 14.4. The first kappa shape index (κ1) is 25.2. The normalized spacial score (nSPS) is 12.5. The van der Waals surface area contributed by atoms with Gasteiger partial charge in [-0.15, -0.1) is 0 Å². The van der Waals surface area contributed by atoms with E-state index in [-0.39, 0.29) is 18.9 Å². The van der Waals surface area contributed by atoms with Gasteiger partial charge in [-0.3, -0.25) is 4.79 Å². The molecule has 0 aromatic heterocycles. The van der Waals surface area contributed by atoms with Gasteiger partial charge in [0.2, 0.25) is 5.91 Å². The number of benzene rings is 2. The molecular formula is C24H29ClN2O5. The number of alkyl carbamates (subject to hydrolysis) is 1. The van der Waals surface area contributed by atoms with E-state index in [0.29, 0.717) is 11.4 Å². The number of nitrogens with one attached hydrogen (secondary N) is 2. The summed E-state index contributed by atoms with van der Waals surface area (Å²) in [5, 5.41) is 5.88. The van der Waals surface area contributed by atoms with E-state index in [9.17, 15) is 14.4 Å². The summed E-state index contributed by atoms with van der Waals surface area (Å²) >= 11 is 5.91. The van der Waals surface area contributed by atoms with Crippen LogP contribution >= 0.6 is 11.6 Å². The molecule has 8 heteroatoms. The summed E-state index contributed by atoms with van der Waals surface area (Å²) in [5.41, 5.74) is 1.64. The number of hydrogen-bond donors (Lipinski definition) is 2. The monoisotopic (exact) mass is 460 g/mol. The highest BCUT2D eigenvalue weighted by atomic mass is 35.5. The van der Waals surface area contributed by atoms with Crippen LogP contribution in [0.2, 0.25) is 5.02 Å². The minimum absolute atomic E-state index is 0.0873. The predicted molar refractivity (Wildman–Crippen MR) is 122 cm³/mol. The zero-order valence-electron chi connectivity index (χ0n) is 18.5. The van der Waals surface area contributed by atoms with Crippen molar-refractivity contribution in [2.75, 3.05) is 7.11 Å². The molecule has 0 heterocycles. The first-order valence-corrected chi connectivity index (χ1v) is 10.8. The average molecular weight is 461 g/mol. The lowest BCUT2D eigenvalue weighted by Crippen LogP contribution is -2.53. The Morgan fingerprint density at radius 1 is 0.906 bits per heavy atom. The standard InChI is InChI=1S/C24H29ClN2O5/c1-16(2)13-20(27-24(30)32-15-18-7-5-4-6-8-18)22(28)26-21(23(29)31-3)14-17-9-11-19(25)12-10-17/h4-12,16,20-21H,13-15H2,1-3H3,(H,26,28)(H,27,30)/t20-,21+/m0/s1. The van der Waals surface area contributed by atoms with Gasteiger partial charge in [-0.1, -0.05) is 67.9 Å². The predicted octanol–water partition coefficient (Wildman–Crippen LogP) is 3.88. The van der Waals surface area contributed by atoms with Crippen molar-refractivity contribution < 1.29 is 23.9 Å². The van der Waals surface area contributed by atoms with Crippen LogP contribution < -0.4 is 10.6 Å². The van der Waals surface area contributed by atoms with E-state index < -0.39 is 30.1 Å². The fraction of sp³-hybridized carbons (Fsp3) is 0.375. The maximum atomic E-state index is 13.0. The molecule has 7 nitrogen and oxygen atoms in total. The number of halogens is 1. The first-order chi connectivity index (χ1) is 15.3. The van der Waals surface area contributed by atoms with E-state index in [4.69, 9.17) is 21.1 Å². The Hall–Kier alpha value is -3.06. The van der Waals surface area contributed by atoms with Gasteiger partial charge in [-0.05, 0) is 35.6 Å². The Morgan fingerprint density at radius 2 is 1.56 bits per heavy atom. The van der Waals surface area contributed by atoms with E-state index >= 15 is 0 Å². The van der Waals surface area contributed by atoms with Crippen LogP contribution in [0, 0.1) is 5.92 Å². The molecule has 0 saturated heterocycles. The van der Waals surface area contributed by atoms with Gasteiger partial charge in [0.25, 0.3) is 0 Å². The molecule has 0 aliphatic carbocycles. The van der Waals surface area contributed by atoms with Crippen LogP contribution in [0.5, 0.6) is 0 Å². The second-order valence-electron chi connectivity index (χ2n) is 7.80. The van der Waals surface area contributed by atoms with Crippen molar-refractivity contribution in [3.63, 3.8) is 0 Å². The van der Waals surface area contributed by atoms with Gasteiger partial charge in [0.15, 0.2) is 0 Å². The SMILES string of the molecule is COC(=O)[C@@H](Cc1ccc(Cl)cc1)NC(=O)[C@H](CC(C)C)NC(=O)OCc1ccccc1. The summed E-state index contributed by atoms with van der Waals surface area (Å²) in [6.45, 7) is 3.95. The minimum atomic E-state index is -0.912. The van der Waals surface area contributed by atoms with Crippen molar-refractivity contribution in [3.05, 3.63) is 70.7 Å². The van der Waals surface area contributed by atoms with E-state index in [1.165, 1.54) is 7.11 Å². The van der Waals surface area contributed by atoms with Gasteiger partial charge in [-0.25, -0.2) is 9.59 Å². The summed E-state index contributed by atoms with van der Waals surface area (Å²) < 4.78 is 10.1. The molecule has 0 bridgehead atoms.